The second kappa shape index (κ2) is 16.6. The van der Waals surface area contributed by atoms with Crippen molar-refractivity contribution in [3.8, 4) is 0 Å². The Morgan fingerprint density at radius 2 is 1.48 bits per heavy atom. The normalized spacial score (nSPS) is 13.5. The van der Waals surface area contributed by atoms with Crippen LogP contribution in [0.1, 0.15) is 50.7 Å². The van der Waals surface area contributed by atoms with Gasteiger partial charge in [0.05, 0.1) is 6.42 Å². The maximum absolute atomic E-state index is 13.6. The highest BCUT2D eigenvalue weighted by atomic mass is 16.4. The van der Waals surface area contributed by atoms with E-state index in [4.69, 9.17) is 5.73 Å². The van der Waals surface area contributed by atoms with Crippen LogP contribution in [-0.4, -0.2) is 69.9 Å². The zero-order valence-electron chi connectivity index (χ0n) is 26.0. The lowest BCUT2D eigenvalue weighted by Gasteiger charge is -2.25. The summed E-state index contributed by atoms with van der Waals surface area (Å²) in [7, 11) is 0. The van der Waals surface area contributed by atoms with Crippen molar-refractivity contribution in [3.63, 3.8) is 0 Å². The van der Waals surface area contributed by atoms with E-state index in [1.165, 1.54) is 6.92 Å². The van der Waals surface area contributed by atoms with Crippen molar-refractivity contribution in [2.24, 2.45) is 5.73 Å². The third-order valence-corrected chi connectivity index (χ3v) is 7.30. The number of aryl methyl sites for hydroxylation is 1. The fourth-order valence-corrected chi connectivity index (χ4v) is 4.71. The molecule has 6 amide bonds. The molecular formula is C32H41N7O7. The SMILES string of the molecule is CCCCC(NC(=O)C(C)NC(=O)Nc1ccc(C)cc1)C(=O)NC(Cc1c[nH]c2ccccc12)C(=O)NC(CC(=O)O)C(N)=O. The topological polar surface area (TPSA) is 225 Å². The zero-order chi connectivity index (χ0) is 33.8. The summed E-state index contributed by atoms with van der Waals surface area (Å²) in [5.74, 6) is -4.52. The van der Waals surface area contributed by atoms with Gasteiger partial charge in [0, 0.05) is 29.2 Å². The van der Waals surface area contributed by atoms with Crippen molar-refractivity contribution < 1.29 is 33.9 Å². The van der Waals surface area contributed by atoms with Gasteiger partial charge < -0.3 is 42.4 Å². The van der Waals surface area contributed by atoms with Crippen LogP contribution in [0, 0.1) is 6.92 Å². The van der Waals surface area contributed by atoms with E-state index in [9.17, 15) is 33.9 Å². The van der Waals surface area contributed by atoms with E-state index >= 15 is 0 Å². The first-order valence-electron chi connectivity index (χ1n) is 15.0. The molecule has 246 valence electrons. The zero-order valence-corrected chi connectivity index (χ0v) is 26.0. The van der Waals surface area contributed by atoms with E-state index in [0.717, 1.165) is 16.5 Å². The maximum atomic E-state index is 13.6. The Morgan fingerprint density at radius 1 is 0.848 bits per heavy atom. The van der Waals surface area contributed by atoms with E-state index in [0.29, 0.717) is 24.1 Å². The number of unbranched alkanes of at least 4 members (excludes halogenated alkanes) is 1. The third kappa shape index (κ3) is 10.4. The predicted molar refractivity (Wildman–Crippen MR) is 172 cm³/mol. The average Bonchev–Trinajstić information content (AvgIpc) is 3.41. The lowest BCUT2D eigenvalue weighted by Crippen LogP contribution is -2.58. The summed E-state index contributed by atoms with van der Waals surface area (Å²) < 4.78 is 0. The van der Waals surface area contributed by atoms with Gasteiger partial charge in [0.2, 0.25) is 23.6 Å². The van der Waals surface area contributed by atoms with Crippen LogP contribution in [-0.2, 0) is 30.4 Å². The molecule has 3 rings (SSSR count). The number of carboxylic acids is 1. The van der Waals surface area contributed by atoms with Crippen LogP contribution < -0.4 is 32.3 Å². The number of rotatable bonds is 16. The molecule has 14 nitrogen and oxygen atoms in total. The monoisotopic (exact) mass is 635 g/mol. The number of hydrogen-bond acceptors (Lipinski definition) is 6. The molecule has 0 bridgehead atoms. The molecule has 9 N–H and O–H groups in total. The lowest BCUT2D eigenvalue weighted by molar-refractivity contribution is -0.140. The van der Waals surface area contributed by atoms with E-state index in [1.54, 1.807) is 18.3 Å². The first-order chi connectivity index (χ1) is 21.9. The number of aromatic nitrogens is 1. The van der Waals surface area contributed by atoms with Crippen molar-refractivity contribution in [2.45, 2.75) is 77.0 Å². The van der Waals surface area contributed by atoms with Crippen molar-refractivity contribution in [3.05, 3.63) is 65.9 Å². The predicted octanol–water partition coefficient (Wildman–Crippen LogP) is 1.83. The fourth-order valence-electron chi connectivity index (χ4n) is 4.71. The van der Waals surface area contributed by atoms with Gasteiger partial charge in [0.15, 0.2) is 0 Å². The summed E-state index contributed by atoms with van der Waals surface area (Å²) in [5.41, 5.74) is 8.35. The summed E-state index contributed by atoms with van der Waals surface area (Å²) in [6.07, 6.45) is 2.43. The molecular weight excluding hydrogens is 594 g/mol. The molecule has 3 aromatic rings. The summed E-state index contributed by atoms with van der Waals surface area (Å²) in [6.45, 7) is 5.30. The fraction of sp³-hybridized carbons (Fsp3) is 0.375. The molecule has 0 aliphatic carbocycles. The highest BCUT2D eigenvalue weighted by molar-refractivity contribution is 5.97. The number of hydrogen-bond donors (Lipinski definition) is 8. The number of aliphatic carboxylic acids is 1. The Morgan fingerprint density at radius 3 is 2.13 bits per heavy atom. The maximum Gasteiger partial charge on any atom is 0.319 e. The molecule has 0 aliphatic heterocycles. The van der Waals surface area contributed by atoms with Crippen LogP contribution in [0.3, 0.4) is 0 Å². The van der Waals surface area contributed by atoms with Gasteiger partial charge in [-0.2, -0.15) is 0 Å². The Kier molecular flexibility index (Phi) is 12.7. The van der Waals surface area contributed by atoms with Gasteiger partial charge in [-0.15, -0.1) is 0 Å². The Balaban J connectivity index is 1.76. The first-order valence-corrected chi connectivity index (χ1v) is 15.0. The molecule has 0 saturated carbocycles. The minimum Gasteiger partial charge on any atom is -0.481 e. The van der Waals surface area contributed by atoms with Gasteiger partial charge in [0.1, 0.15) is 24.2 Å². The van der Waals surface area contributed by atoms with Crippen molar-refractivity contribution >= 4 is 52.2 Å². The van der Waals surface area contributed by atoms with E-state index in [2.05, 4.69) is 31.6 Å². The average molecular weight is 636 g/mol. The number of aromatic amines is 1. The molecule has 46 heavy (non-hydrogen) atoms. The van der Waals surface area contributed by atoms with Gasteiger partial charge in [-0.3, -0.25) is 24.0 Å². The molecule has 1 heterocycles. The molecule has 4 atom stereocenters. The molecule has 1 aromatic heterocycles. The molecule has 0 aliphatic rings. The quantitative estimate of drug-likeness (QED) is 0.116. The number of anilines is 1. The van der Waals surface area contributed by atoms with Gasteiger partial charge in [-0.25, -0.2) is 4.79 Å². The minimum atomic E-state index is -1.51. The molecule has 0 saturated heterocycles. The van der Waals surface area contributed by atoms with E-state index < -0.39 is 66.2 Å². The number of amides is 6. The number of nitrogens with one attached hydrogen (secondary N) is 6. The minimum absolute atomic E-state index is 0.0221. The number of carbonyl (C=O) groups excluding carboxylic acids is 5. The van der Waals surface area contributed by atoms with Gasteiger partial charge in [0.25, 0.3) is 0 Å². The van der Waals surface area contributed by atoms with E-state index in [1.807, 2.05) is 50.2 Å². The van der Waals surface area contributed by atoms with Gasteiger partial charge >= 0.3 is 12.0 Å². The van der Waals surface area contributed by atoms with Crippen LogP contribution >= 0.6 is 0 Å². The standard InChI is InChI=1S/C32H41N7O7/c1-4-5-9-24(37-29(43)19(3)35-32(46)36-21-13-11-18(2)12-14-21)30(44)39-26(31(45)38-25(28(33)42)16-27(40)41)15-20-17-34-23-10-7-6-8-22(20)23/h6-8,10-14,17,19,24-26,34H,4-5,9,15-16H2,1-3H3,(H2,33,42)(H,37,43)(H,38,45)(H,39,44)(H,40,41)(H2,35,36,46). The molecule has 2 aromatic carbocycles. The molecule has 0 fully saturated rings. The Labute approximate surface area is 266 Å². The molecule has 4 unspecified atom stereocenters. The largest absolute Gasteiger partial charge is 0.481 e. The first kappa shape index (κ1) is 35.1. The number of carbonyl (C=O) groups is 6. The molecule has 0 radical (unpaired) electrons. The third-order valence-electron chi connectivity index (χ3n) is 7.30. The summed E-state index contributed by atoms with van der Waals surface area (Å²) in [4.78, 5) is 78.8. The number of nitrogens with two attached hydrogens (primary N) is 1. The van der Waals surface area contributed by atoms with Crippen LogP contribution in [0.4, 0.5) is 10.5 Å². The molecule has 0 spiro atoms. The lowest BCUT2D eigenvalue weighted by atomic mass is 10.0. The van der Waals surface area contributed by atoms with Crippen molar-refractivity contribution in [2.75, 3.05) is 5.32 Å². The summed E-state index contributed by atoms with van der Waals surface area (Å²) in [6, 6.07) is 8.96. The number of H-pyrrole nitrogens is 1. The Hall–Kier alpha value is -5.40. The van der Waals surface area contributed by atoms with Gasteiger partial charge in [-0.05, 0) is 44.0 Å². The highest BCUT2D eigenvalue weighted by Gasteiger charge is 2.31. The number of urea groups is 1. The van der Waals surface area contributed by atoms with E-state index in [-0.39, 0.29) is 12.8 Å². The molecule has 14 heteroatoms. The van der Waals surface area contributed by atoms with Crippen molar-refractivity contribution in [1.82, 2.24) is 26.3 Å². The number of primary amides is 1. The number of benzene rings is 2. The van der Waals surface area contributed by atoms with Crippen LogP contribution in [0.15, 0.2) is 54.7 Å². The Bertz CT molecular complexity index is 1550. The van der Waals surface area contributed by atoms with Crippen LogP contribution in [0.2, 0.25) is 0 Å². The van der Waals surface area contributed by atoms with Crippen molar-refractivity contribution in [1.29, 1.82) is 0 Å². The van der Waals surface area contributed by atoms with Crippen LogP contribution in [0.5, 0.6) is 0 Å². The number of para-hydroxylation sites is 1. The number of fused-ring (bicyclic) bond motifs is 1. The summed E-state index contributed by atoms with van der Waals surface area (Å²) >= 11 is 0. The number of carboxylic acid groups (broad SMARTS) is 1. The second-order valence-electron chi connectivity index (χ2n) is 11.1. The smallest absolute Gasteiger partial charge is 0.319 e. The van der Waals surface area contributed by atoms with Crippen LogP contribution in [0.25, 0.3) is 10.9 Å². The second-order valence-corrected chi connectivity index (χ2v) is 11.1. The highest BCUT2D eigenvalue weighted by Crippen LogP contribution is 2.19. The van der Waals surface area contributed by atoms with Gasteiger partial charge in [-0.1, -0.05) is 55.7 Å². The summed E-state index contributed by atoms with van der Waals surface area (Å²) in [5, 5.41) is 22.8.